The van der Waals surface area contributed by atoms with Gasteiger partial charge in [-0.25, -0.2) is 0 Å². The van der Waals surface area contributed by atoms with Gasteiger partial charge >= 0.3 is 12.4 Å². The van der Waals surface area contributed by atoms with Crippen LogP contribution in [0.2, 0.25) is 0 Å². The Morgan fingerprint density at radius 1 is 0.400 bits per heavy atom. The second-order valence-corrected chi connectivity index (χ2v) is 16.8. The first-order valence-corrected chi connectivity index (χ1v) is 18.3. The summed E-state index contributed by atoms with van der Waals surface area (Å²) in [5, 5.41) is 1.53. The molecule has 7 heteroatoms. The molecule has 0 fully saturated rings. The lowest BCUT2D eigenvalue weighted by atomic mass is 9.79. The molecule has 6 aromatic carbocycles. The number of nitrogens with zero attached hydrogens (tertiary/aromatic N) is 1. The van der Waals surface area contributed by atoms with Crippen LogP contribution < -0.4 is 0 Å². The van der Waals surface area contributed by atoms with Crippen molar-refractivity contribution < 1.29 is 26.3 Å². The van der Waals surface area contributed by atoms with Gasteiger partial charge in [-0.2, -0.15) is 26.3 Å². The summed E-state index contributed by atoms with van der Waals surface area (Å²) < 4.78 is 85.8. The Labute approximate surface area is 318 Å². The van der Waals surface area contributed by atoms with E-state index in [0.29, 0.717) is 33.4 Å². The summed E-state index contributed by atoms with van der Waals surface area (Å²) >= 11 is 0. The molecule has 0 bridgehead atoms. The predicted molar refractivity (Wildman–Crippen MR) is 214 cm³/mol. The second-order valence-electron chi connectivity index (χ2n) is 16.8. The van der Waals surface area contributed by atoms with Crippen LogP contribution in [0.3, 0.4) is 0 Å². The molecule has 282 valence electrons. The van der Waals surface area contributed by atoms with Crippen molar-refractivity contribution >= 4 is 21.8 Å². The van der Waals surface area contributed by atoms with E-state index in [0.717, 1.165) is 62.9 Å². The molecule has 0 aliphatic rings. The fourth-order valence-corrected chi connectivity index (χ4v) is 7.43. The highest BCUT2D eigenvalue weighted by Gasteiger charge is 2.32. The van der Waals surface area contributed by atoms with Gasteiger partial charge in [-0.1, -0.05) is 102 Å². The molecule has 0 aliphatic carbocycles. The molecule has 0 saturated heterocycles. The number of hydrogen-bond acceptors (Lipinski definition) is 0. The number of rotatable bonds is 4. The molecule has 0 aliphatic heterocycles. The lowest BCUT2D eigenvalue weighted by Gasteiger charge is -2.27. The van der Waals surface area contributed by atoms with Crippen LogP contribution in [0, 0.1) is 13.8 Å². The zero-order chi connectivity index (χ0) is 39.8. The van der Waals surface area contributed by atoms with Crippen LogP contribution in [0.5, 0.6) is 0 Å². The van der Waals surface area contributed by atoms with E-state index in [2.05, 4.69) is 76.4 Å². The molecule has 1 nitrogen and oxygen atoms in total. The van der Waals surface area contributed by atoms with Crippen LogP contribution in [0.1, 0.15) is 74.9 Å². The minimum Gasteiger partial charge on any atom is -0.309 e. The first-order valence-electron chi connectivity index (χ1n) is 18.3. The lowest BCUT2D eigenvalue weighted by molar-refractivity contribution is -0.138. The monoisotopic (exact) mass is 747 g/mol. The molecule has 0 atom stereocenters. The summed E-state index contributed by atoms with van der Waals surface area (Å²) in [7, 11) is 0. The highest BCUT2D eigenvalue weighted by molar-refractivity contribution is 6.12. The quantitative estimate of drug-likeness (QED) is 0.158. The summed E-state index contributed by atoms with van der Waals surface area (Å²) in [6, 6.07) is 34.3. The number of fused-ring (bicyclic) bond motifs is 3. The standard InChI is InChI=1S/C48H43F6N/c1-28-17-32(21-37(19-28)47(49,50)51)30-13-15-43-40(25-30)41-26-31(33-18-29(2)20-38(22-33)48(52,53)54)14-16-44(41)55(43)42-12-10-9-11-39(42)34-23-35(45(3,4)5)27-36(24-34)46(6,7)8/h9-27H,1-8H3. The first kappa shape index (κ1) is 38.0. The molecule has 0 N–H and O–H groups in total. The molecule has 0 radical (unpaired) electrons. The Bertz CT molecular complexity index is 2450. The van der Waals surface area contributed by atoms with Gasteiger partial charge in [0.1, 0.15) is 0 Å². The number of aromatic nitrogens is 1. The molecule has 7 rings (SSSR count). The molecule has 0 unspecified atom stereocenters. The third-order valence-electron chi connectivity index (χ3n) is 10.4. The molecule has 0 spiro atoms. The largest absolute Gasteiger partial charge is 0.416 e. The van der Waals surface area contributed by atoms with Crippen molar-refractivity contribution in [1.29, 1.82) is 0 Å². The average molecular weight is 748 g/mol. The number of para-hydroxylation sites is 1. The van der Waals surface area contributed by atoms with Crippen LogP contribution in [0.4, 0.5) is 26.3 Å². The van der Waals surface area contributed by atoms with Crippen molar-refractivity contribution in [1.82, 2.24) is 4.57 Å². The van der Waals surface area contributed by atoms with Crippen LogP contribution in [0.15, 0.2) is 115 Å². The van der Waals surface area contributed by atoms with Gasteiger partial charge in [0.2, 0.25) is 0 Å². The molecular formula is C48H43F6N. The number of alkyl halides is 6. The summed E-state index contributed by atoms with van der Waals surface area (Å²) in [4.78, 5) is 0. The van der Waals surface area contributed by atoms with E-state index in [1.54, 1.807) is 26.0 Å². The van der Waals surface area contributed by atoms with Crippen molar-refractivity contribution in [2.75, 3.05) is 0 Å². The normalized spacial score (nSPS) is 12.9. The number of hydrogen-bond donors (Lipinski definition) is 0. The van der Waals surface area contributed by atoms with Crippen molar-refractivity contribution in [3.63, 3.8) is 0 Å². The topological polar surface area (TPSA) is 4.93 Å². The van der Waals surface area contributed by atoms with E-state index in [1.165, 1.54) is 11.1 Å². The van der Waals surface area contributed by atoms with Crippen molar-refractivity contribution in [3.05, 3.63) is 149 Å². The maximum atomic E-state index is 13.9. The number of benzene rings is 6. The molecule has 0 amide bonds. The Kier molecular flexibility index (Phi) is 9.10. The van der Waals surface area contributed by atoms with Gasteiger partial charge in [0.15, 0.2) is 0 Å². The Morgan fingerprint density at radius 3 is 1.24 bits per heavy atom. The van der Waals surface area contributed by atoms with E-state index in [-0.39, 0.29) is 10.8 Å². The van der Waals surface area contributed by atoms with Crippen LogP contribution in [-0.4, -0.2) is 4.57 Å². The Balaban J connectivity index is 1.53. The Hall–Kier alpha value is -5.30. The number of halogens is 6. The molecular weight excluding hydrogens is 705 g/mol. The average Bonchev–Trinajstić information content (AvgIpc) is 3.42. The highest BCUT2D eigenvalue weighted by atomic mass is 19.4. The summed E-state index contributed by atoms with van der Waals surface area (Å²) in [5.74, 6) is 0. The van der Waals surface area contributed by atoms with Crippen LogP contribution in [-0.2, 0) is 23.2 Å². The molecule has 1 aromatic heterocycles. The van der Waals surface area contributed by atoms with E-state index < -0.39 is 23.5 Å². The third-order valence-corrected chi connectivity index (χ3v) is 10.4. The molecule has 7 aromatic rings. The van der Waals surface area contributed by atoms with Gasteiger partial charge in [-0.15, -0.1) is 0 Å². The zero-order valence-electron chi connectivity index (χ0n) is 32.2. The van der Waals surface area contributed by atoms with Gasteiger partial charge in [-0.3, -0.25) is 0 Å². The Morgan fingerprint density at radius 2 is 0.818 bits per heavy atom. The maximum Gasteiger partial charge on any atom is 0.416 e. The molecule has 0 saturated carbocycles. The van der Waals surface area contributed by atoms with Crippen molar-refractivity contribution in [2.24, 2.45) is 0 Å². The molecule has 1 heterocycles. The van der Waals surface area contributed by atoms with Gasteiger partial charge < -0.3 is 4.57 Å². The van der Waals surface area contributed by atoms with E-state index >= 15 is 0 Å². The van der Waals surface area contributed by atoms with Crippen LogP contribution in [0.25, 0.3) is 60.9 Å². The van der Waals surface area contributed by atoms with Gasteiger partial charge in [0, 0.05) is 16.3 Å². The first-order chi connectivity index (χ1) is 25.6. The van der Waals surface area contributed by atoms with Crippen molar-refractivity contribution in [2.45, 2.75) is 78.6 Å². The van der Waals surface area contributed by atoms with Crippen molar-refractivity contribution in [3.8, 4) is 39.1 Å². The van der Waals surface area contributed by atoms with E-state index in [9.17, 15) is 26.3 Å². The summed E-state index contributed by atoms with van der Waals surface area (Å²) in [6.07, 6.45) is -9.03. The van der Waals surface area contributed by atoms with Gasteiger partial charge in [0.25, 0.3) is 0 Å². The molecule has 55 heavy (non-hydrogen) atoms. The third kappa shape index (κ3) is 7.41. The predicted octanol–water partition coefficient (Wildman–Crippen LogP) is 15.0. The van der Waals surface area contributed by atoms with E-state index in [4.69, 9.17) is 0 Å². The highest BCUT2D eigenvalue weighted by Crippen LogP contribution is 2.43. The minimum atomic E-state index is -4.51. The smallest absolute Gasteiger partial charge is 0.309 e. The summed E-state index contributed by atoms with van der Waals surface area (Å²) in [6.45, 7) is 16.5. The maximum absolute atomic E-state index is 13.9. The van der Waals surface area contributed by atoms with Crippen LogP contribution >= 0.6 is 0 Å². The van der Waals surface area contributed by atoms with Gasteiger partial charge in [-0.05, 0) is 129 Å². The summed E-state index contributed by atoms with van der Waals surface area (Å²) in [5.41, 5.74) is 8.30. The second kappa shape index (κ2) is 13.2. The zero-order valence-corrected chi connectivity index (χ0v) is 32.2. The fraction of sp³-hybridized carbons (Fsp3) is 0.250. The van der Waals surface area contributed by atoms with E-state index in [1.807, 2.05) is 48.5 Å². The lowest BCUT2D eigenvalue weighted by Crippen LogP contribution is -2.16. The SMILES string of the molecule is Cc1cc(-c2ccc3c(c2)c2cc(-c4cc(C)cc(C(F)(F)F)c4)ccc2n3-c2ccccc2-c2cc(C(C)(C)C)cc(C(C)(C)C)c2)cc(C(F)(F)F)c1. The fourth-order valence-electron chi connectivity index (χ4n) is 7.43. The van der Waals surface area contributed by atoms with Gasteiger partial charge in [0.05, 0.1) is 27.8 Å². The minimum absolute atomic E-state index is 0.117. The number of aryl methyl sites for hydroxylation is 2.